The van der Waals surface area contributed by atoms with Crippen LogP contribution in [0.3, 0.4) is 0 Å². The number of likely N-dealkylation sites (tertiary alicyclic amines) is 1. The van der Waals surface area contributed by atoms with E-state index in [0.717, 1.165) is 30.3 Å². The summed E-state index contributed by atoms with van der Waals surface area (Å²) in [6.07, 6.45) is 3.74. The largest absolute Gasteiger partial charge is 0.381 e. The van der Waals surface area contributed by atoms with Crippen LogP contribution >= 0.6 is 11.6 Å². The Hall–Kier alpha value is -1.33. The van der Waals surface area contributed by atoms with Gasteiger partial charge in [-0.15, -0.1) is 0 Å². The van der Waals surface area contributed by atoms with Gasteiger partial charge in [-0.1, -0.05) is 11.6 Å². The molecule has 3 rings (SSSR count). The Bertz CT molecular complexity index is 574. The molecule has 1 saturated carbocycles. The van der Waals surface area contributed by atoms with E-state index in [0.29, 0.717) is 12.1 Å². The predicted octanol–water partition coefficient (Wildman–Crippen LogP) is 3.59. The molecule has 2 atom stereocenters. The highest BCUT2D eigenvalue weighted by Gasteiger charge is 2.38. The van der Waals surface area contributed by atoms with Crippen molar-refractivity contribution >= 4 is 23.0 Å². The van der Waals surface area contributed by atoms with Gasteiger partial charge in [0.15, 0.2) is 0 Å². The molecule has 0 bridgehead atoms. The van der Waals surface area contributed by atoms with E-state index < -0.39 is 4.92 Å². The summed E-state index contributed by atoms with van der Waals surface area (Å²) in [6, 6.07) is 4.98. The Labute approximate surface area is 129 Å². The highest BCUT2D eigenvalue weighted by Crippen LogP contribution is 2.35. The molecule has 21 heavy (non-hydrogen) atoms. The normalized spacial score (nSPS) is 26.0. The third-order valence-corrected chi connectivity index (χ3v) is 4.79. The predicted molar refractivity (Wildman–Crippen MR) is 84.1 cm³/mol. The molecule has 0 amide bonds. The molecule has 6 heteroatoms. The van der Waals surface area contributed by atoms with Crippen molar-refractivity contribution in [2.75, 3.05) is 11.9 Å². The minimum atomic E-state index is -0.439. The highest BCUT2D eigenvalue weighted by molar-refractivity contribution is 6.33. The first-order chi connectivity index (χ1) is 9.95. The first-order valence-corrected chi connectivity index (χ1v) is 7.80. The molecule has 2 aliphatic rings. The SMILES string of the molecule is Cc1cc([N+](=O)[O-])c(Cl)cc1NC1CC(C)N(C2CC2)C1. The number of halogens is 1. The summed E-state index contributed by atoms with van der Waals surface area (Å²) >= 11 is 6.01. The number of nitrogens with one attached hydrogen (secondary N) is 1. The van der Waals surface area contributed by atoms with Crippen LogP contribution in [0.5, 0.6) is 0 Å². The van der Waals surface area contributed by atoms with Crippen molar-refractivity contribution in [3.8, 4) is 0 Å². The molecule has 1 aromatic carbocycles. The van der Waals surface area contributed by atoms with Gasteiger partial charge in [0.05, 0.1) is 4.92 Å². The third-order valence-electron chi connectivity index (χ3n) is 4.49. The second-order valence-corrected chi connectivity index (χ2v) is 6.64. The van der Waals surface area contributed by atoms with Crippen molar-refractivity contribution in [3.05, 3.63) is 32.8 Å². The summed E-state index contributed by atoms with van der Waals surface area (Å²) in [5, 5.41) is 14.6. The first-order valence-electron chi connectivity index (χ1n) is 7.42. The molecular formula is C15H20ClN3O2. The number of benzene rings is 1. The molecule has 2 unspecified atom stereocenters. The fourth-order valence-electron chi connectivity index (χ4n) is 3.26. The van der Waals surface area contributed by atoms with Crippen molar-refractivity contribution < 1.29 is 4.92 Å². The molecule has 1 saturated heterocycles. The fraction of sp³-hybridized carbons (Fsp3) is 0.600. The summed E-state index contributed by atoms with van der Waals surface area (Å²) in [6.45, 7) is 5.19. The van der Waals surface area contributed by atoms with E-state index in [-0.39, 0.29) is 10.7 Å². The number of nitro benzene ring substituents is 1. The Morgan fingerprint density at radius 1 is 1.43 bits per heavy atom. The van der Waals surface area contributed by atoms with Crippen LogP contribution in [0.4, 0.5) is 11.4 Å². The summed E-state index contributed by atoms with van der Waals surface area (Å²) in [5.41, 5.74) is 1.74. The summed E-state index contributed by atoms with van der Waals surface area (Å²) in [7, 11) is 0. The maximum Gasteiger partial charge on any atom is 0.288 e. The molecule has 1 aromatic rings. The summed E-state index contributed by atoms with van der Waals surface area (Å²) in [5.74, 6) is 0. The second-order valence-electron chi connectivity index (χ2n) is 6.23. The molecule has 1 aliphatic heterocycles. The zero-order valence-corrected chi connectivity index (χ0v) is 13.1. The number of nitro groups is 1. The van der Waals surface area contributed by atoms with E-state index in [2.05, 4.69) is 17.1 Å². The van der Waals surface area contributed by atoms with Crippen LogP contribution in [0.1, 0.15) is 31.7 Å². The number of rotatable bonds is 4. The van der Waals surface area contributed by atoms with Crippen molar-refractivity contribution in [3.63, 3.8) is 0 Å². The smallest absolute Gasteiger partial charge is 0.288 e. The Morgan fingerprint density at radius 2 is 2.14 bits per heavy atom. The van der Waals surface area contributed by atoms with Crippen LogP contribution in [0.25, 0.3) is 0 Å². The van der Waals surface area contributed by atoms with Crippen LogP contribution in [0.2, 0.25) is 5.02 Å². The Balaban J connectivity index is 1.73. The number of hydrogen-bond acceptors (Lipinski definition) is 4. The molecule has 5 nitrogen and oxygen atoms in total. The summed E-state index contributed by atoms with van der Waals surface area (Å²) in [4.78, 5) is 13.0. The quantitative estimate of drug-likeness (QED) is 0.682. The van der Waals surface area contributed by atoms with Gasteiger partial charge in [-0.2, -0.15) is 0 Å². The van der Waals surface area contributed by atoms with Gasteiger partial charge in [0.25, 0.3) is 5.69 Å². The van der Waals surface area contributed by atoms with Crippen LogP contribution < -0.4 is 5.32 Å². The molecule has 1 aliphatic carbocycles. The minimum Gasteiger partial charge on any atom is -0.381 e. The first kappa shape index (κ1) is 14.6. The van der Waals surface area contributed by atoms with Gasteiger partial charge in [-0.25, -0.2) is 0 Å². The average Bonchev–Trinajstić information content (AvgIpc) is 3.18. The number of aryl methyl sites for hydroxylation is 1. The van der Waals surface area contributed by atoms with Gasteiger partial charge in [-0.3, -0.25) is 15.0 Å². The lowest BCUT2D eigenvalue weighted by molar-refractivity contribution is -0.384. The number of anilines is 1. The maximum atomic E-state index is 10.9. The molecule has 0 radical (unpaired) electrons. The van der Waals surface area contributed by atoms with Crippen LogP contribution in [-0.4, -0.2) is 34.5 Å². The van der Waals surface area contributed by atoms with Crippen molar-refractivity contribution in [2.45, 2.75) is 51.2 Å². The number of hydrogen-bond donors (Lipinski definition) is 1. The van der Waals surface area contributed by atoms with Crippen LogP contribution in [-0.2, 0) is 0 Å². The molecule has 1 heterocycles. The van der Waals surface area contributed by atoms with E-state index in [1.165, 1.54) is 12.8 Å². The van der Waals surface area contributed by atoms with Gasteiger partial charge < -0.3 is 5.32 Å². The lowest BCUT2D eigenvalue weighted by Gasteiger charge is -2.20. The molecule has 0 spiro atoms. The van der Waals surface area contributed by atoms with E-state index >= 15 is 0 Å². The van der Waals surface area contributed by atoms with Crippen molar-refractivity contribution in [1.29, 1.82) is 0 Å². The van der Waals surface area contributed by atoms with Crippen molar-refractivity contribution in [2.24, 2.45) is 0 Å². The average molecular weight is 310 g/mol. The molecule has 1 N–H and O–H groups in total. The van der Waals surface area contributed by atoms with Gasteiger partial charge in [0, 0.05) is 36.4 Å². The Morgan fingerprint density at radius 3 is 2.76 bits per heavy atom. The van der Waals surface area contributed by atoms with E-state index in [4.69, 9.17) is 11.6 Å². The highest BCUT2D eigenvalue weighted by atomic mass is 35.5. The lowest BCUT2D eigenvalue weighted by Crippen LogP contribution is -2.31. The maximum absolute atomic E-state index is 10.9. The molecule has 0 aromatic heterocycles. The van der Waals surface area contributed by atoms with E-state index in [1.807, 2.05) is 6.92 Å². The van der Waals surface area contributed by atoms with Crippen molar-refractivity contribution in [1.82, 2.24) is 4.90 Å². The minimum absolute atomic E-state index is 0.0286. The Kier molecular flexibility index (Phi) is 3.80. The third kappa shape index (κ3) is 2.99. The van der Waals surface area contributed by atoms with Gasteiger partial charge in [0.2, 0.25) is 0 Å². The van der Waals surface area contributed by atoms with Crippen LogP contribution in [0.15, 0.2) is 12.1 Å². The van der Waals surface area contributed by atoms with E-state index in [9.17, 15) is 10.1 Å². The van der Waals surface area contributed by atoms with Gasteiger partial charge >= 0.3 is 0 Å². The standard InChI is InChI=1S/C15H20ClN3O2/c1-9-5-15(19(20)21)13(16)7-14(9)17-11-6-10(2)18(8-11)12-3-4-12/h5,7,10-12,17H,3-4,6,8H2,1-2H3. The van der Waals surface area contributed by atoms with Gasteiger partial charge in [-0.05, 0) is 44.7 Å². The topological polar surface area (TPSA) is 58.4 Å². The number of nitrogens with zero attached hydrogens (tertiary/aromatic N) is 2. The second kappa shape index (κ2) is 5.46. The zero-order chi connectivity index (χ0) is 15.1. The van der Waals surface area contributed by atoms with Gasteiger partial charge in [0.1, 0.15) is 5.02 Å². The monoisotopic (exact) mass is 309 g/mol. The molecular weight excluding hydrogens is 290 g/mol. The molecule has 114 valence electrons. The zero-order valence-electron chi connectivity index (χ0n) is 12.3. The molecule has 2 fully saturated rings. The fourth-order valence-corrected chi connectivity index (χ4v) is 3.49. The summed E-state index contributed by atoms with van der Waals surface area (Å²) < 4.78 is 0. The van der Waals surface area contributed by atoms with Crippen LogP contribution in [0, 0.1) is 17.0 Å². The van der Waals surface area contributed by atoms with E-state index in [1.54, 1.807) is 12.1 Å². The lowest BCUT2D eigenvalue weighted by atomic mass is 10.1.